The van der Waals surface area contributed by atoms with Gasteiger partial charge in [-0.15, -0.1) is 11.3 Å². The number of anilines is 1. The first-order valence-electron chi connectivity index (χ1n) is 7.08. The van der Waals surface area contributed by atoms with E-state index in [2.05, 4.69) is 41.5 Å². The van der Waals surface area contributed by atoms with Crippen molar-refractivity contribution in [1.29, 1.82) is 0 Å². The lowest BCUT2D eigenvalue weighted by molar-refractivity contribution is 0.361. The summed E-state index contributed by atoms with van der Waals surface area (Å²) in [6.07, 6.45) is 7.15. The zero-order valence-electron chi connectivity index (χ0n) is 11.3. The van der Waals surface area contributed by atoms with Crippen LogP contribution in [0.25, 0.3) is 10.6 Å². The van der Waals surface area contributed by atoms with E-state index in [4.69, 9.17) is 0 Å². The van der Waals surface area contributed by atoms with E-state index in [1.165, 1.54) is 36.9 Å². The summed E-state index contributed by atoms with van der Waals surface area (Å²) in [4.78, 5) is 4.38. The van der Waals surface area contributed by atoms with Crippen LogP contribution in [0.15, 0.2) is 35.8 Å². The van der Waals surface area contributed by atoms with Gasteiger partial charge in [-0.25, -0.2) is 4.98 Å². The molecule has 3 rings (SSSR count). The number of hydrogen-bond acceptors (Lipinski definition) is 3. The lowest BCUT2D eigenvalue weighted by Gasteiger charge is -2.27. The monoisotopic (exact) mass is 272 g/mol. The zero-order chi connectivity index (χ0) is 13.1. The number of nitrogens with zero attached hydrogens (tertiary/aromatic N) is 1. The molecule has 0 radical (unpaired) electrons. The van der Waals surface area contributed by atoms with Crippen LogP contribution in [-0.2, 0) is 0 Å². The van der Waals surface area contributed by atoms with Crippen LogP contribution in [0.1, 0.15) is 32.6 Å². The van der Waals surface area contributed by atoms with Gasteiger partial charge in [0.05, 0.1) is 0 Å². The van der Waals surface area contributed by atoms with Gasteiger partial charge in [-0.05, 0) is 43.7 Å². The van der Waals surface area contributed by atoms with Crippen LogP contribution in [0.4, 0.5) is 5.69 Å². The van der Waals surface area contributed by atoms with Crippen molar-refractivity contribution in [3.05, 3.63) is 35.8 Å². The fraction of sp³-hybridized carbons (Fsp3) is 0.438. The Morgan fingerprint density at radius 1 is 1.21 bits per heavy atom. The molecule has 3 heteroatoms. The molecular formula is C16H20N2S. The number of thiazole rings is 1. The molecule has 100 valence electrons. The fourth-order valence-corrected chi connectivity index (χ4v) is 3.38. The van der Waals surface area contributed by atoms with E-state index in [0.29, 0.717) is 6.04 Å². The van der Waals surface area contributed by atoms with Gasteiger partial charge in [-0.1, -0.05) is 19.1 Å². The summed E-state index contributed by atoms with van der Waals surface area (Å²) in [7, 11) is 0. The van der Waals surface area contributed by atoms with E-state index >= 15 is 0 Å². The molecule has 1 aliphatic rings. The van der Waals surface area contributed by atoms with Gasteiger partial charge in [0.2, 0.25) is 0 Å². The Labute approximate surface area is 118 Å². The summed E-state index contributed by atoms with van der Waals surface area (Å²) in [5.41, 5.74) is 2.44. The zero-order valence-corrected chi connectivity index (χ0v) is 12.1. The van der Waals surface area contributed by atoms with E-state index in [1.54, 1.807) is 11.3 Å². The third-order valence-corrected chi connectivity index (χ3v) is 4.75. The minimum absolute atomic E-state index is 0.641. The average Bonchev–Trinajstić information content (AvgIpc) is 2.96. The largest absolute Gasteiger partial charge is 0.382 e. The van der Waals surface area contributed by atoms with Crippen LogP contribution >= 0.6 is 11.3 Å². The smallest absolute Gasteiger partial charge is 0.123 e. The van der Waals surface area contributed by atoms with Gasteiger partial charge in [0, 0.05) is 28.9 Å². The number of nitrogens with one attached hydrogen (secondary N) is 1. The highest BCUT2D eigenvalue weighted by molar-refractivity contribution is 7.13. The second-order valence-corrected chi connectivity index (χ2v) is 6.41. The summed E-state index contributed by atoms with van der Waals surface area (Å²) >= 11 is 1.69. The molecule has 1 aromatic heterocycles. The molecule has 1 fully saturated rings. The van der Waals surface area contributed by atoms with Crippen LogP contribution in [0, 0.1) is 5.92 Å². The van der Waals surface area contributed by atoms with Crippen molar-refractivity contribution in [2.24, 2.45) is 5.92 Å². The molecular weight excluding hydrogens is 252 g/mol. The van der Waals surface area contributed by atoms with E-state index in [0.717, 1.165) is 10.9 Å². The molecule has 1 heterocycles. The van der Waals surface area contributed by atoms with Crippen molar-refractivity contribution < 1.29 is 0 Å². The van der Waals surface area contributed by atoms with Gasteiger partial charge >= 0.3 is 0 Å². The normalized spacial score (nSPS) is 23.2. The molecule has 1 N–H and O–H groups in total. The quantitative estimate of drug-likeness (QED) is 0.868. The molecule has 19 heavy (non-hydrogen) atoms. The van der Waals surface area contributed by atoms with Crippen LogP contribution in [0.2, 0.25) is 0 Å². The maximum absolute atomic E-state index is 4.38. The minimum Gasteiger partial charge on any atom is -0.382 e. The van der Waals surface area contributed by atoms with Crippen LogP contribution in [-0.4, -0.2) is 11.0 Å². The predicted octanol–water partition coefficient (Wildman–Crippen LogP) is 4.80. The van der Waals surface area contributed by atoms with E-state index < -0.39 is 0 Å². The van der Waals surface area contributed by atoms with Gasteiger partial charge in [0.15, 0.2) is 0 Å². The summed E-state index contributed by atoms with van der Waals surface area (Å²) < 4.78 is 0. The Morgan fingerprint density at radius 2 is 2.05 bits per heavy atom. The maximum atomic E-state index is 4.38. The summed E-state index contributed by atoms with van der Waals surface area (Å²) in [5, 5.41) is 6.80. The van der Waals surface area contributed by atoms with Gasteiger partial charge in [-0.2, -0.15) is 0 Å². The number of aromatic nitrogens is 1. The van der Waals surface area contributed by atoms with E-state index in [-0.39, 0.29) is 0 Å². The topological polar surface area (TPSA) is 24.9 Å². The van der Waals surface area contributed by atoms with Gasteiger partial charge in [-0.3, -0.25) is 0 Å². The number of rotatable bonds is 3. The predicted molar refractivity (Wildman–Crippen MR) is 82.6 cm³/mol. The molecule has 0 saturated heterocycles. The Hall–Kier alpha value is -1.35. The second kappa shape index (κ2) is 5.74. The molecule has 0 atom stereocenters. The molecule has 1 saturated carbocycles. The molecule has 1 aromatic carbocycles. The highest BCUT2D eigenvalue weighted by Crippen LogP contribution is 2.28. The molecule has 0 amide bonds. The van der Waals surface area contributed by atoms with Crippen molar-refractivity contribution >= 4 is 17.0 Å². The summed E-state index contributed by atoms with van der Waals surface area (Å²) in [6, 6.07) is 9.27. The van der Waals surface area contributed by atoms with Crippen molar-refractivity contribution in [3.63, 3.8) is 0 Å². The van der Waals surface area contributed by atoms with Gasteiger partial charge in [0.25, 0.3) is 0 Å². The van der Waals surface area contributed by atoms with Gasteiger partial charge in [0.1, 0.15) is 5.01 Å². The second-order valence-electron chi connectivity index (χ2n) is 5.52. The number of benzene rings is 1. The summed E-state index contributed by atoms with van der Waals surface area (Å²) in [5.74, 6) is 0.903. The fourth-order valence-electron chi connectivity index (χ4n) is 2.75. The molecule has 0 aliphatic heterocycles. The van der Waals surface area contributed by atoms with E-state index in [9.17, 15) is 0 Å². The first-order valence-corrected chi connectivity index (χ1v) is 7.96. The lowest BCUT2D eigenvalue weighted by atomic mass is 9.87. The summed E-state index contributed by atoms with van der Waals surface area (Å²) in [6.45, 7) is 2.36. The van der Waals surface area contributed by atoms with Gasteiger partial charge < -0.3 is 5.32 Å². The maximum Gasteiger partial charge on any atom is 0.123 e. The third-order valence-electron chi connectivity index (χ3n) is 3.93. The molecule has 1 aliphatic carbocycles. The van der Waals surface area contributed by atoms with Crippen LogP contribution < -0.4 is 5.32 Å². The molecule has 0 unspecified atom stereocenters. The van der Waals surface area contributed by atoms with Crippen LogP contribution in [0.5, 0.6) is 0 Å². The number of hydrogen-bond donors (Lipinski definition) is 1. The standard InChI is InChI=1S/C16H20N2S/c1-12-5-7-14(8-6-12)18-15-4-2-3-13(11-15)16-17-9-10-19-16/h2-4,9-12,14,18H,5-8H2,1H3. The van der Waals surface area contributed by atoms with Crippen molar-refractivity contribution in [3.8, 4) is 10.6 Å². The third kappa shape index (κ3) is 3.16. The Kier molecular flexibility index (Phi) is 3.83. The molecule has 0 bridgehead atoms. The highest BCUT2D eigenvalue weighted by Gasteiger charge is 2.17. The Morgan fingerprint density at radius 3 is 2.79 bits per heavy atom. The van der Waals surface area contributed by atoms with Crippen LogP contribution in [0.3, 0.4) is 0 Å². The first-order chi connectivity index (χ1) is 9.31. The van der Waals surface area contributed by atoms with Crippen molar-refractivity contribution in [2.45, 2.75) is 38.6 Å². The average molecular weight is 272 g/mol. The first kappa shape index (κ1) is 12.7. The lowest BCUT2D eigenvalue weighted by Crippen LogP contribution is -2.25. The van der Waals surface area contributed by atoms with Crippen molar-refractivity contribution in [2.75, 3.05) is 5.32 Å². The Balaban J connectivity index is 1.70. The SMILES string of the molecule is CC1CCC(Nc2cccc(-c3nccs3)c2)CC1. The molecule has 2 nitrogen and oxygen atoms in total. The molecule has 0 spiro atoms. The van der Waals surface area contributed by atoms with E-state index in [1.807, 2.05) is 11.6 Å². The molecule has 2 aromatic rings. The van der Waals surface area contributed by atoms with Crippen molar-refractivity contribution in [1.82, 2.24) is 4.98 Å². The minimum atomic E-state index is 0.641. The Bertz CT molecular complexity index is 513. The highest BCUT2D eigenvalue weighted by atomic mass is 32.1.